The average Bonchev–Trinajstić information content (AvgIpc) is 2.64. The Bertz CT molecular complexity index is 370. The van der Waals surface area contributed by atoms with E-state index in [9.17, 15) is 4.79 Å². The summed E-state index contributed by atoms with van der Waals surface area (Å²) in [6, 6.07) is 2.15. The molecular weight excluding hydrogens is 218 g/mol. The van der Waals surface area contributed by atoms with Crippen LogP contribution in [0.3, 0.4) is 0 Å². The Balaban J connectivity index is 2.64. The fourth-order valence-electron chi connectivity index (χ4n) is 1.93. The van der Waals surface area contributed by atoms with Crippen molar-refractivity contribution in [3.8, 4) is 0 Å². The smallest absolute Gasteiger partial charge is 0.372 e. The number of carboxylic acid groups (broad SMARTS) is 1. The second-order valence-corrected chi connectivity index (χ2v) is 4.97. The van der Waals surface area contributed by atoms with Gasteiger partial charge in [0.1, 0.15) is 0 Å². The lowest BCUT2D eigenvalue weighted by molar-refractivity contribution is 0.0658. The van der Waals surface area contributed by atoms with Crippen molar-refractivity contribution in [3.05, 3.63) is 23.7 Å². The van der Waals surface area contributed by atoms with E-state index in [0.29, 0.717) is 18.5 Å². The molecule has 1 N–H and O–H groups in total. The molecule has 4 heteroatoms. The third-order valence-corrected chi connectivity index (χ3v) is 2.93. The van der Waals surface area contributed by atoms with Crippen LogP contribution in [0.1, 0.15) is 43.3 Å². The van der Waals surface area contributed by atoms with Crippen LogP contribution in [-0.2, 0) is 6.54 Å². The summed E-state index contributed by atoms with van der Waals surface area (Å²) in [5.41, 5.74) is 0.732. The van der Waals surface area contributed by atoms with Crippen molar-refractivity contribution >= 4 is 5.97 Å². The zero-order valence-electron chi connectivity index (χ0n) is 10.9. The molecule has 0 saturated heterocycles. The van der Waals surface area contributed by atoms with Gasteiger partial charge in [0, 0.05) is 18.2 Å². The van der Waals surface area contributed by atoms with Gasteiger partial charge in [0.2, 0.25) is 5.76 Å². The van der Waals surface area contributed by atoms with E-state index in [4.69, 9.17) is 9.52 Å². The Morgan fingerprint density at radius 1 is 1.47 bits per heavy atom. The highest BCUT2D eigenvalue weighted by Gasteiger charge is 2.18. The van der Waals surface area contributed by atoms with Crippen LogP contribution in [0.4, 0.5) is 0 Å². The maximum atomic E-state index is 10.9. The molecule has 0 aromatic carbocycles. The number of carboxylic acids is 1. The minimum atomic E-state index is -1.00. The highest BCUT2D eigenvalue weighted by molar-refractivity contribution is 5.86. The molecule has 0 spiro atoms. The van der Waals surface area contributed by atoms with Gasteiger partial charge in [-0.2, -0.15) is 0 Å². The molecule has 1 aromatic rings. The van der Waals surface area contributed by atoms with Crippen LogP contribution in [-0.4, -0.2) is 29.1 Å². The number of furan rings is 1. The Morgan fingerprint density at radius 2 is 2.12 bits per heavy atom. The minimum absolute atomic E-state index is 0.0496. The fourth-order valence-corrected chi connectivity index (χ4v) is 1.93. The van der Waals surface area contributed by atoms with Crippen LogP contribution in [0, 0.1) is 5.92 Å². The van der Waals surface area contributed by atoms with Crippen LogP contribution in [0.2, 0.25) is 0 Å². The maximum Gasteiger partial charge on any atom is 0.372 e. The zero-order valence-corrected chi connectivity index (χ0v) is 10.9. The van der Waals surface area contributed by atoms with Gasteiger partial charge in [0.05, 0.1) is 6.26 Å². The van der Waals surface area contributed by atoms with E-state index >= 15 is 0 Å². The van der Waals surface area contributed by atoms with Crippen molar-refractivity contribution in [2.45, 2.75) is 39.8 Å². The number of rotatable bonds is 6. The second-order valence-electron chi connectivity index (χ2n) is 4.97. The molecule has 4 nitrogen and oxygen atoms in total. The van der Waals surface area contributed by atoms with Crippen molar-refractivity contribution in [3.63, 3.8) is 0 Å². The van der Waals surface area contributed by atoms with Crippen molar-refractivity contribution < 1.29 is 14.3 Å². The first-order chi connectivity index (χ1) is 7.91. The summed E-state index contributed by atoms with van der Waals surface area (Å²) in [5.74, 6) is -0.320. The van der Waals surface area contributed by atoms with Gasteiger partial charge in [0.15, 0.2) is 0 Å². The average molecular weight is 239 g/mol. The summed E-state index contributed by atoms with van der Waals surface area (Å²) in [5, 5.41) is 8.94. The van der Waals surface area contributed by atoms with Gasteiger partial charge in [-0.1, -0.05) is 13.8 Å². The minimum Gasteiger partial charge on any atom is -0.475 e. The quantitative estimate of drug-likeness (QED) is 0.829. The van der Waals surface area contributed by atoms with E-state index in [1.165, 1.54) is 6.26 Å². The molecule has 1 heterocycles. The van der Waals surface area contributed by atoms with E-state index in [-0.39, 0.29) is 5.76 Å². The van der Waals surface area contributed by atoms with Gasteiger partial charge in [-0.05, 0) is 32.4 Å². The van der Waals surface area contributed by atoms with E-state index in [2.05, 4.69) is 25.7 Å². The molecule has 17 heavy (non-hydrogen) atoms. The largest absolute Gasteiger partial charge is 0.475 e. The topological polar surface area (TPSA) is 53.7 Å². The lowest BCUT2D eigenvalue weighted by Gasteiger charge is -2.25. The molecule has 0 aliphatic heterocycles. The maximum absolute atomic E-state index is 10.9. The lowest BCUT2D eigenvalue weighted by atomic mass is 10.0. The van der Waals surface area contributed by atoms with E-state index in [0.717, 1.165) is 12.0 Å². The first-order valence-corrected chi connectivity index (χ1v) is 5.91. The molecule has 0 fully saturated rings. The van der Waals surface area contributed by atoms with Crippen molar-refractivity contribution in [1.82, 2.24) is 4.90 Å². The number of hydrogen-bond acceptors (Lipinski definition) is 3. The van der Waals surface area contributed by atoms with Gasteiger partial charge in [-0.3, -0.25) is 4.90 Å². The summed E-state index contributed by atoms with van der Waals surface area (Å²) < 4.78 is 4.96. The van der Waals surface area contributed by atoms with Gasteiger partial charge in [0.25, 0.3) is 0 Å². The summed E-state index contributed by atoms with van der Waals surface area (Å²) in [6.07, 6.45) is 2.52. The Labute approximate surface area is 102 Å². The molecule has 0 amide bonds. The molecule has 1 unspecified atom stereocenters. The summed E-state index contributed by atoms with van der Waals surface area (Å²) >= 11 is 0. The number of carbonyl (C=O) groups is 1. The molecule has 0 aliphatic carbocycles. The summed E-state index contributed by atoms with van der Waals surface area (Å²) in [7, 11) is 2.01. The van der Waals surface area contributed by atoms with Gasteiger partial charge in [-0.25, -0.2) is 4.79 Å². The van der Waals surface area contributed by atoms with Crippen LogP contribution in [0.5, 0.6) is 0 Å². The molecular formula is C13H21NO3. The molecule has 1 aromatic heterocycles. The Kier molecular flexibility index (Phi) is 4.75. The lowest BCUT2D eigenvalue weighted by Crippen LogP contribution is -2.30. The Morgan fingerprint density at radius 3 is 2.65 bits per heavy atom. The first-order valence-electron chi connectivity index (χ1n) is 5.91. The van der Waals surface area contributed by atoms with E-state index < -0.39 is 5.97 Å². The van der Waals surface area contributed by atoms with Crippen molar-refractivity contribution in [1.29, 1.82) is 0 Å². The summed E-state index contributed by atoms with van der Waals surface area (Å²) in [6.45, 7) is 7.13. The highest BCUT2D eigenvalue weighted by Crippen LogP contribution is 2.16. The third kappa shape index (κ3) is 3.89. The van der Waals surface area contributed by atoms with Gasteiger partial charge < -0.3 is 9.52 Å². The standard InChI is InChI=1S/C13H21NO3/c1-9(2)7-10(3)14(4)8-11-5-6-17-12(11)13(15)16/h5-6,9-10H,7-8H2,1-4H3,(H,15,16). The molecule has 96 valence electrons. The number of aromatic carboxylic acids is 1. The monoisotopic (exact) mass is 239 g/mol. The normalized spacial score (nSPS) is 13.3. The zero-order chi connectivity index (χ0) is 13.0. The molecule has 1 rings (SSSR count). The van der Waals surface area contributed by atoms with Crippen molar-refractivity contribution in [2.75, 3.05) is 7.05 Å². The number of hydrogen-bond donors (Lipinski definition) is 1. The van der Waals surface area contributed by atoms with Crippen molar-refractivity contribution in [2.24, 2.45) is 5.92 Å². The summed E-state index contributed by atoms with van der Waals surface area (Å²) in [4.78, 5) is 13.0. The fraction of sp³-hybridized carbons (Fsp3) is 0.615. The van der Waals surface area contributed by atoms with Gasteiger partial charge in [-0.15, -0.1) is 0 Å². The van der Waals surface area contributed by atoms with Crippen LogP contribution in [0.15, 0.2) is 16.7 Å². The molecule has 0 saturated carbocycles. The SMILES string of the molecule is CC(C)CC(C)N(C)Cc1ccoc1C(=O)O. The third-order valence-electron chi connectivity index (χ3n) is 2.93. The molecule has 1 atom stereocenters. The first kappa shape index (κ1) is 13.8. The highest BCUT2D eigenvalue weighted by atomic mass is 16.4. The molecule has 0 bridgehead atoms. The Hall–Kier alpha value is -1.29. The predicted octanol–water partition coefficient (Wildman–Crippen LogP) is 2.84. The van der Waals surface area contributed by atoms with E-state index in [1.807, 2.05) is 7.05 Å². The number of nitrogens with zero attached hydrogens (tertiary/aromatic N) is 1. The predicted molar refractivity (Wildman–Crippen MR) is 66.1 cm³/mol. The van der Waals surface area contributed by atoms with Gasteiger partial charge >= 0.3 is 5.97 Å². The molecule has 0 aliphatic rings. The van der Waals surface area contributed by atoms with E-state index in [1.54, 1.807) is 6.07 Å². The molecule has 0 radical (unpaired) electrons. The van der Waals surface area contributed by atoms with Crippen LogP contribution in [0.25, 0.3) is 0 Å². The second kappa shape index (κ2) is 5.87. The van der Waals surface area contributed by atoms with Crippen LogP contribution < -0.4 is 0 Å². The van der Waals surface area contributed by atoms with Crippen LogP contribution >= 0.6 is 0 Å².